The molecule has 1 N–H and O–H groups in total. The van der Waals surface area contributed by atoms with Crippen LogP contribution in [0.2, 0.25) is 0 Å². The second-order valence-corrected chi connectivity index (χ2v) is 7.57. The SMILES string of the molecule is CC[NH+](CC)CCN(C(=O)c1ccccc1C)c1nc2c(F)cccc2s1. The Morgan fingerprint density at radius 1 is 1.15 bits per heavy atom. The van der Waals surface area contributed by atoms with Crippen molar-refractivity contribution in [2.45, 2.75) is 20.8 Å². The number of halogens is 1. The third kappa shape index (κ3) is 4.17. The molecule has 2 aromatic carbocycles. The van der Waals surface area contributed by atoms with Gasteiger partial charge in [-0.3, -0.25) is 9.69 Å². The molecule has 1 aromatic heterocycles. The Balaban J connectivity index is 1.99. The Kier molecular flexibility index (Phi) is 6.19. The van der Waals surface area contributed by atoms with Gasteiger partial charge in [-0.1, -0.05) is 35.6 Å². The molecule has 1 amide bonds. The zero-order valence-corrected chi connectivity index (χ0v) is 16.8. The zero-order valence-electron chi connectivity index (χ0n) is 16.0. The Labute approximate surface area is 163 Å². The van der Waals surface area contributed by atoms with Crippen molar-refractivity contribution in [1.29, 1.82) is 0 Å². The van der Waals surface area contributed by atoms with E-state index in [4.69, 9.17) is 0 Å². The molecule has 0 bridgehead atoms. The maximum Gasteiger partial charge on any atom is 0.260 e. The molecule has 0 aliphatic rings. The Morgan fingerprint density at radius 3 is 2.56 bits per heavy atom. The number of aryl methyl sites for hydroxylation is 1. The molecule has 0 saturated carbocycles. The molecule has 0 aliphatic carbocycles. The molecule has 0 aliphatic heterocycles. The topological polar surface area (TPSA) is 37.6 Å². The molecule has 4 nitrogen and oxygen atoms in total. The van der Waals surface area contributed by atoms with E-state index in [2.05, 4.69) is 18.8 Å². The third-order valence-corrected chi connectivity index (χ3v) is 5.94. The van der Waals surface area contributed by atoms with Gasteiger partial charge < -0.3 is 4.90 Å². The number of aromatic nitrogens is 1. The highest BCUT2D eigenvalue weighted by Crippen LogP contribution is 2.31. The van der Waals surface area contributed by atoms with Gasteiger partial charge in [0.25, 0.3) is 5.91 Å². The minimum atomic E-state index is -0.354. The lowest BCUT2D eigenvalue weighted by molar-refractivity contribution is -0.894. The van der Waals surface area contributed by atoms with E-state index in [0.717, 1.165) is 29.9 Å². The summed E-state index contributed by atoms with van der Waals surface area (Å²) in [6, 6.07) is 12.5. The first-order valence-electron chi connectivity index (χ1n) is 9.31. The van der Waals surface area contributed by atoms with Crippen LogP contribution in [-0.4, -0.2) is 37.1 Å². The van der Waals surface area contributed by atoms with Crippen molar-refractivity contribution in [3.05, 3.63) is 59.4 Å². The van der Waals surface area contributed by atoms with E-state index in [0.29, 0.717) is 22.8 Å². The third-order valence-electron chi connectivity index (χ3n) is 4.90. The molecule has 0 fully saturated rings. The van der Waals surface area contributed by atoms with Gasteiger partial charge in [0, 0.05) is 5.56 Å². The van der Waals surface area contributed by atoms with Crippen LogP contribution in [0.25, 0.3) is 10.2 Å². The van der Waals surface area contributed by atoms with Crippen LogP contribution >= 0.6 is 11.3 Å². The fourth-order valence-electron chi connectivity index (χ4n) is 3.13. The van der Waals surface area contributed by atoms with E-state index in [1.54, 1.807) is 11.0 Å². The van der Waals surface area contributed by atoms with Gasteiger partial charge in [-0.15, -0.1) is 0 Å². The summed E-state index contributed by atoms with van der Waals surface area (Å²) >= 11 is 1.36. The van der Waals surface area contributed by atoms with E-state index in [9.17, 15) is 9.18 Å². The summed E-state index contributed by atoms with van der Waals surface area (Å²) in [5, 5.41) is 0.551. The van der Waals surface area contributed by atoms with E-state index in [1.807, 2.05) is 37.3 Å². The van der Waals surface area contributed by atoms with Gasteiger partial charge >= 0.3 is 0 Å². The number of rotatable bonds is 7. The summed E-state index contributed by atoms with van der Waals surface area (Å²) < 4.78 is 14.9. The van der Waals surface area contributed by atoms with Gasteiger partial charge in [-0.25, -0.2) is 9.37 Å². The fraction of sp³-hybridized carbons (Fsp3) is 0.333. The number of nitrogens with zero attached hydrogens (tertiary/aromatic N) is 2. The smallest absolute Gasteiger partial charge is 0.260 e. The lowest BCUT2D eigenvalue weighted by Crippen LogP contribution is -3.12. The van der Waals surface area contributed by atoms with Gasteiger partial charge in [-0.2, -0.15) is 0 Å². The van der Waals surface area contributed by atoms with Crippen LogP contribution in [0.5, 0.6) is 0 Å². The summed E-state index contributed by atoms with van der Waals surface area (Å²) in [5.74, 6) is -0.438. The van der Waals surface area contributed by atoms with Crippen molar-refractivity contribution < 1.29 is 14.1 Å². The van der Waals surface area contributed by atoms with Crippen LogP contribution in [0.1, 0.15) is 29.8 Å². The first-order valence-corrected chi connectivity index (χ1v) is 10.1. The van der Waals surface area contributed by atoms with Crippen LogP contribution in [-0.2, 0) is 0 Å². The number of thiazole rings is 1. The number of anilines is 1. The minimum absolute atomic E-state index is 0.0841. The van der Waals surface area contributed by atoms with Gasteiger partial charge in [0.05, 0.1) is 30.9 Å². The molecule has 3 aromatic rings. The van der Waals surface area contributed by atoms with Crippen LogP contribution in [0.4, 0.5) is 9.52 Å². The Bertz CT molecular complexity index is 936. The molecule has 1 heterocycles. The van der Waals surface area contributed by atoms with Gasteiger partial charge in [0.1, 0.15) is 11.3 Å². The van der Waals surface area contributed by atoms with Crippen molar-refractivity contribution in [3.8, 4) is 0 Å². The van der Waals surface area contributed by atoms with Gasteiger partial charge in [-0.05, 0) is 44.5 Å². The lowest BCUT2D eigenvalue weighted by atomic mass is 10.1. The molecule has 0 radical (unpaired) electrons. The molecule has 142 valence electrons. The quantitative estimate of drug-likeness (QED) is 0.676. The molecule has 0 saturated heterocycles. The summed E-state index contributed by atoms with van der Waals surface area (Å²) in [6.45, 7) is 9.57. The molecule has 0 unspecified atom stereocenters. The molecule has 27 heavy (non-hydrogen) atoms. The molecule has 3 rings (SSSR count). The number of quaternary nitrogens is 1. The largest absolute Gasteiger partial charge is 0.334 e. The normalized spacial score (nSPS) is 11.3. The van der Waals surface area contributed by atoms with Crippen molar-refractivity contribution in [2.24, 2.45) is 0 Å². The van der Waals surface area contributed by atoms with Crippen molar-refractivity contribution in [2.75, 3.05) is 31.1 Å². The Hall–Kier alpha value is -2.31. The number of para-hydroxylation sites is 1. The second-order valence-electron chi connectivity index (χ2n) is 6.56. The first-order chi connectivity index (χ1) is 13.0. The maximum atomic E-state index is 14.1. The van der Waals surface area contributed by atoms with Crippen molar-refractivity contribution in [1.82, 2.24) is 4.98 Å². The number of hydrogen-bond donors (Lipinski definition) is 1. The number of likely N-dealkylation sites (N-methyl/N-ethyl adjacent to an activating group) is 1. The maximum absolute atomic E-state index is 14.1. The lowest BCUT2D eigenvalue weighted by Gasteiger charge is -2.23. The highest BCUT2D eigenvalue weighted by Gasteiger charge is 2.24. The number of hydrogen-bond acceptors (Lipinski definition) is 3. The zero-order chi connectivity index (χ0) is 19.4. The monoisotopic (exact) mass is 386 g/mol. The second kappa shape index (κ2) is 8.59. The van der Waals surface area contributed by atoms with Crippen LogP contribution < -0.4 is 9.80 Å². The first kappa shape index (κ1) is 19.5. The number of benzene rings is 2. The molecule has 0 atom stereocenters. The van der Waals surface area contributed by atoms with Crippen LogP contribution in [0.15, 0.2) is 42.5 Å². The van der Waals surface area contributed by atoms with E-state index < -0.39 is 0 Å². The molecule has 0 spiro atoms. The van der Waals surface area contributed by atoms with Gasteiger partial charge in [0.2, 0.25) is 0 Å². The van der Waals surface area contributed by atoms with Gasteiger partial charge in [0.15, 0.2) is 5.13 Å². The van der Waals surface area contributed by atoms with Crippen LogP contribution in [0, 0.1) is 12.7 Å². The number of amides is 1. The number of carbonyl (C=O) groups excluding carboxylic acids is 1. The number of nitrogens with one attached hydrogen (secondary N) is 1. The number of fused-ring (bicyclic) bond motifs is 1. The molecular formula is C21H25FN3OS+. The standard InChI is InChI=1S/C21H24FN3OS/c1-4-24(5-2)13-14-25(20(26)16-10-7-6-9-15(16)3)21-23-19-17(22)11-8-12-18(19)27-21/h6-12H,4-5,13-14H2,1-3H3/p+1. The van der Waals surface area contributed by atoms with Crippen molar-refractivity contribution in [3.63, 3.8) is 0 Å². The predicted molar refractivity (Wildman–Crippen MR) is 109 cm³/mol. The predicted octanol–water partition coefficient (Wildman–Crippen LogP) is 3.32. The highest BCUT2D eigenvalue weighted by atomic mass is 32.1. The van der Waals surface area contributed by atoms with E-state index in [1.165, 1.54) is 22.3 Å². The summed E-state index contributed by atoms with van der Waals surface area (Å²) in [5.41, 5.74) is 1.91. The van der Waals surface area contributed by atoms with E-state index >= 15 is 0 Å². The highest BCUT2D eigenvalue weighted by molar-refractivity contribution is 7.22. The average Bonchev–Trinajstić information content (AvgIpc) is 3.10. The van der Waals surface area contributed by atoms with E-state index in [-0.39, 0.29) is 11.7 Å². The fourth-order valence-corrected chi connectivity index (χ4v) is 4.14. The number of carbonyl (C=O) groups is 1. The van der Waals surface area contributed by atoms with Crippen molar-refractivity contribution >= 4 is 32.6 Å². The summed E-state index contributed by atoms with van der Waals surface area (Å²) in [6.07, 6.45) is 0. The summed E-state index contributed by atoms with van der Waals surface area (Å²) in [4.78, 5) is 20.9. The van der Waals surface area contributed by atoms with Crippen LogP contribution in [0.3, 0.4) is 0 Å². The molecular weight excluding hydrogens is 361 g/mol. The molecule has 6 heteroatoms. The minimum Gasteiger partial charge on any atom is -0.334 e. The summed E-state index contributed by atoms with van der Waals surface area (Å²) in [7, 11) is 0. The Morgan fingerprint density at radius 2 is 1.89 bits per heavy atom. The average molecular weight is 387 g/mol.